The Morgan fingerprint density at radius 3 is 2.41 bits per heavy atom. The highest BCUT2D eigenvalue weighted by Gasteiger charge is 2.30. The van der Waals surface area contributed by atoms with Gasteiger partial charge in [-0.25, -0.2) is 0 Å². The summed E-state index contributed by atoms with van der Waals surface area (Å²) in [6.07, 6.45) is -3.99. The molecule has 1 saturated heterocycles. The number of halogens is 3. The standard InChI is InChI=1S/C20H17F3N2O3S/c21-20(22,23)16-6-4-13(5-7-16)8-9-24-18(27)15-3-1-2-14(10-15)11-25-17(26)12-29-19(25)28/h1-7,10H,8-9,11-12H2,(H,24,27). The summed E-state index contributed by atoms with van der Waals surface area (Å²) in [4.78, 5) is 36.9. The fraction of sp³-hybridized carbons (Fsp3) is 0.250. The molecule has 0 atom stereocenters. The minimum atomic E-state index is -4.37. The zero-order valence-electron chi connectivity index (χ0n) is 15.2. The lowest BCUT2D eigenvalue weighted by Gasteiger charge is -2.13. The number of hydrogen-bond donors (Lipinski definition) is 1. The smallest absolute Gasteiger partial charge is 0.352 e. The highest BCUT2D eigenvalue weighted by atomic mass is 32.2. The summed E-state index contributed by atoms with van der Waals surface area (Å²) < 4.78 is 37.7. The molecule has 0 saturated carbocycles. The third kappa shape index (κ3) is 5.38. The van der Waals surface area contributed by atoms with Crippen molar-refractivity contribution < 1.29 is 27.6 Å². The van der Waals surface area contributed by atoms with Crippen LogP contribution in [0.4, 0.5) is 18.0 Å². The van der Waals surface area contributed by atoms with Gasteiger partial charge in [0.05, 0.1) is 17.9 Å². The number of hydrogen-bond acceptors (Lipinski definition) is 4. The Hall–Kier alpha value is -2.81. The average molecular weight is 422 g/mol. The van der Waals surface area contributed by atoms with Gasteiger partial charge < -0.3 is 5.32 Å². The predicted molar refractivity (Wildman–Crippen MR) is 102 cm³/mol. The lowest BCUT2D eigenvalue weighted by atomic mass is 10.1. The Balaban J connectivity index is 1.54. The Bertz CT molecular complexity index is 913. The lowest BCUT2D eigenvalue weighted by molar-refractivity contribution is -0.137. The van der Waals surface area contributed by atoms with Crippen LogP contribution in [0.15, 0.2) is 48.5 Å². The van der Waals surface area contributed by atoms with Crippen LogP contribution in [-0.2, 0) is 23.9 Å². The van der Waals surface area contributed by atoms with Crippen molar-refractivity contribution in [3.63, 3.8) is 0 Å². The van der Waals surface area contributed by atoms with Crippen LogP contribution in [0.25, 0.3) is 0 Å². The number of rotatable bonds is 6. The summed E-state index contributed by atoms with van der Waals surface area (Å²) in [6, 6.07) is 11.4. The molecule has 3 rings (SSSR count). The second-order valence-electron chi connectivity index (χ2n) is 6.44. The van der Waals surface area contributed by atoms with Crippen LogP contribution in [0.2, 0.25) is 0 Å². The average Bonchev–Trinajstić information content (AvgIpc) is 3.00. The van der Waals surface area contributed by atoms with Gasteiger partial charge in [-0.15, -0.1) is 0 Å². The van der Waals surface area contributed by atoms with E-state index in [0.717, 1.165) is 28.8 Å². The topological polar surface area (TPSA) is 66.5 Å². The first-order chi connectivity index (χ1) is 13.7. The van der Waals surface area contributed by atoms with E-state index in [4.69, 9.17) is 0 Å². The fourth-order valence-corrected chi connectivity index (χ4v) is 3.54. The van der Waals surface area contributed by atoms with Crippen molar-refractivity contribution in [2.75, 3.05) is 12.3 Å². The fourth-order valence-electron chi connectivity index (χ4n) is 2.81. The number of nitrogens with zero attached hydrogens (tertiary/aromatic N) is 1. The van der Waals surface area contributed by atoms with Gasteiger partial charge in [-0.3, -0.25) is 19.3 Å². The third-order valence-electron chi connectivity index (χ3n) is 4.35. The maximum absolute atomic E-state index is 12.6. The minimum Gasteiger partial charge on any atom is -0.352 e. The van der Waals surface area contributed by atoms with Gasteiger partial charge in [0.2, 0.25) is 5.91 Å². The van der Waals surface area contributed by atoms with E-state index < -0.39 is 11.7 Å². The van der Waals surface area contributed by atoms with Gasteiger partial charge in [0, 0.05) is 12.1 Å². The molecule has 29 heavy (non-hydrogen) atoms. The van der Waals surface area contributed by atoms with Crippen LogP contribution in [0, 0.1) is 0 Å². The van der Waals surface area contributed by atoms with Crippen LogP contribution in [0.3, 0.4) is 0 Å². The number of carbonyl (C=O) groups is 3. The number of benzene rings is 2. The Kier molecular flexibility index (Phi) is 6.26. The first kappa shape index (κ1) is 20.9. The number of carbonyl (C=O) groups excluding carboxylic acids is 3. The van der Waals surface area contributed by atoms with Gasteiger partial charge in [0.15, 0.2) is 0 Å². The first-order valence-corrected chi connectivity index (χ1v) is 9.73. The second-order valence-corrected chi connectivity index (χ2v) is 7.36. The van der Waals surface area contributed by atoms with Gasteiger partial charge in [-0.05, 0) is 41.8 Å². The van der Waals surface area contributed by atoms with Crippen LogP contribution >= 0.6 is 11.8 Å². The van der Waals surface area contributed by atoms with E-state index in [2.05, 4.69) is 5.32 Å². The van der Waals surface area contributed by atoms with E-state index in [-0.39, 0.29) is 35.9 Å². The van der Waals surface area contributed by atoms with Gasteiger partial charge >= 0.3 is 6.18 Å². The number of imide groups is 1. The summed E-state index contributed by atoms with van der Waals surface area (Å²) in [5.74, 6) is -0.471. The molecule has 1 aliphatic heterocycles. The summed E-state index contributed by atoms with van der Waals surface area (Å²) in [5.41, 5.74) is 0.998. The maximum atomic E-state index is 12.6. The normalized spacial score (nSPS) is 14.4. The van der Waals surface area contributed by atoms with E-state index in [0.29, 0.717) is 23.1 Å². The van der Waals surface area contributed by atoms with Crippen LogP contribution in [-0.4, -0.2) is 34.3 Å². The second kappa shape index (κ2) is 8.69. The van der Waals surface area contributed by atoms with Crippen LogP contribution in [0.5, 0.6) is 0 Å². The Labute approximate surface area is 169 Å². The quantitative estimate of drug-likeness (QED) is 0.768. The monoisotopic (exact) mass is 422 g/mol. The van der Waals surface area contributed by atoms with E-state index >= 15 is 0 Å². The van der Waals surface area contributed by atoms with E-state index in [1.165, 1.54) is 12.1 Å². The number of thioether (sulfide) groups is 1. The maximum Gasteiger partial charge on any atom is 0.416 e. The predicted octanol–water partition coefficient (Wildman–Crippen LogP) is 3.87. The molecule has 0 aromatic heterocycles. The highest BCUT2D eigenvalue weighted by Crippen LogP contribution is 2.29. The van der Waals surface area contributed by atoms with Gasteiger partial charge in [0.1, 0.15) is 0 Å². The number of alkyl halides is 3. The molecule has 1 N–H and O–H groups in total. The molecule has 0 radical (unpaired) electrons. The van der Waals surface area contributed by atoms with Crippen molar-refractivity contribution in [1.29, 1.82) is 0 Å². The number of amides is 3. The van der Waals surface area contributed by atoms with Gasteiger partial charge in [-0.1, -0.05) is 36.0 Å². The molecule has 9 heteroatoms. The molecule has 152 valence electrons. The summed E-state index contributed by atoms with van der Waals surface area (Å²) >= 11 is 0.950. The van der Waals surface area contributed by atoms with E-state index in [9.17, 15) is 27.6 Å². The Morgan fingerprint density at radius 2 is 1.79 bits per heavy atom. The zero-order chi connectivity index (χ0) is 21.0. The van der Waals surface area contributed by atoms with Crippen LogP contribution < -0.4 is 5.32 Å². The highest BCUT2D eigenvalue weighted by molar-refractivity contribution is 8.14. The molecule has 5 nitrogen and oxygen atoms in total. The van der Waals surface area contributed by atoms with Crippen molar-refractivity contribution in [1.82, 2.24) is 10.2 Å². The Morgan fingerprint density at radius 1 is 1.07 bits per heavy atom. The summed E-state index contributed by atoms with van der Waals surface area (Å²) in [5, 5.41) is 2.41. The molecule has 1 fully saturated rings. The molecule has 1 heterocycles. The van der Waals surface area contributed by atoms with Crippen LogP contribution in [0.1, 0.15) is 27.0 Å². The van der Waals surface area contributed by atoms with Crippen molar-refractivity contribution in [2.24, 2.45) is 0 Å². The molecule has 2 aromatic carbocycles. The summed E-state index contributed by atoms with van der Waals surface area (Å²) in [7, 11) is 0. The molecule has 0 aliphatic carbocycles. The van der Waals surface area contributed by atoms with Crippen molar-refractivity contribution in [3.05, 3.63) is 70.8 Å². The zero-order valence-corrected chi connectivity index (χ0v) is 16.0. The minimum absolute atomic E-state index is 0.108. The largest absolute Gasteiger partial charge is 0.416 e. The lowest BCUT2D eigenvalue weighted by Crippen LogP contribution is -2.28. The first-order valence-electron chi connectivity index (χ1n) is 8.74. The SMILES string of the molecule is O=C(NCCc1ccc(C(F)(F)F)cc1)c1cccc(CN2C(=O)CSC2=O)c1. The van der Waals surface area contributed by atoms with E-state index in [1.54, 1.807) is 24.3 Å². The molecule has 0 spiro atoms. The van der Waals surface area contributed by atoms with Gasteiger partial charge in [-0.2, -0.15) is 13.2 Å². The summed E-state index contributed by atoms with van der Waals surface area (Å²) in [6.45, 7) is 0.367. The number of nitrogens with one attached hydrogen (secondary N) is 1. The molecular weight excluding hydrogens is 405 g/mol. The third-order valence-corrected chi connectivity index (χ3v) is 5.21. The molecule has 2 aromatic rings. The molecule has 3 amide bonds. The van der Waals surface area contributed by atoms with E-state index in [1.807, 2.05) is 0 Å². The van der Waals surface area contributed by atoms with Gasteiger partial charge in [0.25, 0.3) is 11.1 Å². The molecule has 0 unspecified atom stereocenters. The van der Waals surface area contributed by atoms with Crippen molar-refractivity contribution >= 4 is 28.8 Å². The molecule has 1 aliphatic rings. The molecular formula is C20H17F3N2O3S. The van der Waals surface area contributed by atoms with Crippen molar-refractivity contribution in [3.8, 4) is 0 Å². The van der Waals surface area contributed by atoms with Crippen molar-refractivity contribution in [2.45, 2.75) is 19.1 Å². The molecule has 0 bridgehead atoms.